The molecule has 0 N–H and O–H groups in total. The summed E-state index contributed by atoms with van der Waals surface area (Å²) >= 11 is 0. The smallest absolute Gasteiger partial charge is 0.260 e. The third-order valence-corrected chi connectivity index (χ3v) is 11.1. The highest BCUT2D eigenvalue weighted by atomic mass is 16.5. The summed E-state index contributed by atoms with van der Waals surface area (Å²) in [5, 5.41) is 0. The summed E-state index contributed by atoms with van der Waals surface area (Å²) in [4.78, 5) is 4.46. The Bertz CT molecular complexity index is 2820. The van der Waals surface area contributed by atoms with Crippen LogP contribution in [0.2, 0.25) is 0 Å². The molecular formula is C54H39BN2O2. The number of hydrogen-bond donors (Lipinski definition) is 0. The van der Waals surface area contributed by atoms with E-state index in [9.17, 15) is 0 Å². The van der Waals surface area contributed by atoms with Crippen LogP contribution in [0.15, 0.2) is 231 Å². The molecule has 59 heavy (non-hydrogen) atoms. The summed E-state index contributed by atoms with van der Waals surface area (Å²) in [6, 6.07) is 67.7. The number of benzene rings is 8. The fourth-order valence-corrected chi connectivity index (χ4v) is 8.47. The van der Waals surface area contributed by atoms with Gasteiger partial charge in [0.05, 0.1) is 0 Å². The summed E-state index contributed by atoms with van der Waals surface area (Å²) in [6.45, 7) is 7.98. The number of ether oxygens (including phenoxy) is 2. The third-order valence-electron chi connectivity index (χ3n) is 11.1. The minimum Gasteiger partial charge on any atom is -0.458 e. The van der Waals surface area contributed by atoms with Gasteiger partial charge in [0.25, 0.3) is 6.71 Å². The molecule has 0 unspecified atom stereocenters. The van der Waals surface area contributed by atoms with Crippen molar-refractivity contribution < 1.29 is 9.47 Å². The van der Waals surface area contributed by atoms with Gasteiger partial charge in [-0.05, 0) is 88.8 Å². The molecule has 2 heterocycles. The van der Waals surface area contributed by atoms with Gasteiger partial charge < -0.3 is 19.3 Å². The number of nitrogens with zero attached hydrogens (tertiary/aromatic N) is 2. The number of fused-ring (bicyclic) bond motifs is 4. The molecule has 280 valence electrons. The fraction of sp³-hybridized carbons (Fsp3) is 0. The lowest BCUT2D eigenvalue weighted by molar-refractivity contribution is 0.467. The highest BCUT2D eigenvalue weighted by molar-refractivity contribution is 6.98. The van der Waals surface area contributed by atoms with Gasteiger partial charge in [0.2, 0.25) is 0 Å². The van der Waals surface area contributed by atoms with E-state index in [1.54, 1.807) is 6.08 Å². The Balaban J connectivity index is 1.22. The Hall–Kier alpha value is -7.76. The normalized spacial score (nSPS) is 12.2. The van der Waals surface area contributed by atoms with Gasteiger partial charge in [0, 0.05) is 62.9 Å². The van der Waals surface area contributed by atoms with Crippen molar-refractivity contribution in [2.45, 2.75) is 0 Å². The molecule has 8 aromatic rings. The Morgan fingerprint density at radius 3 is 1.37 bits per heavy atom. The zero-order valence-corrected chi connectivity index (χ0v) is 32.4. The van der Waals surface area contributed by atoms with Crippen molar-refractivity contribution in [2.24, 2.45) is 0 Å². The first-order valence-corrected chi connectivity index (χ1v) is 19.9. The predicted octanol–water partition coefficient (Wildman–Crippen LogP) is 12.6. The molecule has 0 saturated heterocycles. The summed E-state index contributed by atoms with van der Waals surface area (Å²) in [7, 11) is 0. The van der Waals surface area contributed by atoms with Crippen LogP contribution >= 0.6 is 0 Å². The standard InChI is InChI=1S/C54H39BN2O2/c1-3-20-40(4-2)56(41-25-14-7-15-26-41)44-31-33-48-50(35-44)58-53-46(38-21-10-5-11-22-38)37-47(39-23-12-6-13-24-39)54-52(53)55(48)49-34-32-45(36-51(49)59-54)57(42-27-16-8-17-28-42)43-29-18-9-19-30-43/h3-37H,1-2H2/b40-20+. The zero-order valence-electron chi connectivity index (χ0n) is 32.4. The average Bonchev–Trinajstić information content (AvgIpc) is 3.30. The molecule has 10 rings (SSSR count). The summed E-state index contributed by atoms with van der Waals surface area (Å²) in [5.41, 5.74) is 13.3. The Kier molecular flexibility index (Phi) is 9.24. The van der Waals surface area contributed by atoms with Crippen LogP contribution in [0.1, 0.15) is 0 Å². The predicted molar refractivity (Wildman–Crippen MR) is 247 cm³/mol. The van der Waals surface area contributed by atoms with Gasteiger partial charge in [0.1, 0.15) is 23.0 Å². The first-order valence-electron chi connectivity index (χ1n) is 19.9. The molecule has 0 bridgehead atoms. The van der Waals surface area contributed by atoms with Crippen molar-refractivity contribution in [1.82, 2.24) is 0 Å². The van der Waals surface area contributed by atoms with Crippen LogP contribution in [0.3, 0.4) is 0 Å². The topological polar surface area (TPSA) is 24.9 Å². The molecule has 0 amide bonds. The maximum absolute atomic E-state index is 7.23. The lowest BCUT2D eigenvalue weighted by atomic mass is 9.34. The second-order valence-corrected chi connectivity index (χ2v) is 14.6. The molecule has 0 atom stereocenters. The molecule has 2 aliphatic rings. The van der Waals surface area contributed by atoms with Crippen LogP contribution in [-0.4, -0.2) is 6.71 Å². The number of para-hydroxylation sites is 3. The van der Waals surface area contributed by atoms with Crippen LogP contribution in [-0.2, 0) is 0 Å². The van der Waals surface area contributed by atoms with E-state index in [4.69, 9.17) is 9.47 Å². The fourth-order valence-electron chi connectivity index (χ4n) is 8.47. The lowest BCUT2D eigenvalue weighted by Gasteiger charge is -2.37. The van der Waals surface area contributed by atoms with Gasteiger partial charge >= 0.3 is 0 Å². The van der Waals surface area contributed by atoms with Crippen molar-refractivity contribution >= 4 is 51.5 Å². The molecular weight excluding hydrogens is 719 g/mol. The van der Waals surface area contributed by atoms with E-state index in [1.165, 1.54) is 0 Å². The first-order chi connectivity index (χ1) is 29.2. The lowest BCUT2D eigenvalue weighted by Crippen LogP contribution is -2.57. The van der Waals surface area contributed by atoms with E-state index in [0.29, 0.717) is 0 Å². The molecule has 8 aromatic carbocycles. The van der Waals surface area contributed by atoms with E-state index < -0.39 is 0 Å². The highest BCUT2D eigenvalue weighted by Gasteiger charge is 2.43. The molecule has 0 radical (unpaired) electrons. The average molecular weight is 759 g/mol. The molecule has 0 fully saturated rings. The second kappa shape index (κ2) is 15.3. The van der Waals surface area contributed by atoms with E-state index in [0.717, 1.165) is 95.8 Å². The monoisotopic (exact) mass is 758 g/mol. The maximum atomic E-state index is 7.23. The van der Waals surface area contributed by atoms with E-state index in [2.05, 4.69) is 181 Å². The molecule has 2 aliphatic heterocycles. The SMILES string of the molecule is C=C/C=C(\C=C)N(c1ccccc1)c1ccc2c(c1)Oc1c(-c3ccccc3)cc(-c3ccccc3)c3c1B2c1ccc(N(c2ccccc2)c2ccccc2)cc1O3. The van der Waals surface area contributed by atoms with Crippen LogP contribution in [0.4, 0.5) is 28.4 Å². The highest BCUT2D eigenvalue weighted by Crippen LogP contribution is 2.48. The number of rotatable bonds is 10. The van der Waals surface area contributed by atoms with Gasteiger partial charge in [-0.1, -0.05) is 147 Å². The summed E-state index contributed by atoms with van der Waals surface area (Å²) < 4.78 is 14.4. The molecule has 5 heteroatoms. The van der Waals surface area contributed by atoms with E-state index in [1.807, 2.05) is 48.6 Å². The largest absolute Gasteiger partial charge is 0.458 e. The van der Waals surface area contributed by atoms with Crippen molar-refractivity contribution in [3.05, 3.63) is 231 Å². The summed E-state index contributed by atoms with van der Waals surface area (Å²) in [6.07, 6.45) is 5.62. The quantitative estimate of drug-likeness (QED) is 0.102. The minimum atomic E-state index is -0.184. The Morgan fingerprint density at radius 1 is 0.458 bits per heavy atom. The van der Waals surface area contributed by atoms with Crippen LogP contribution < -0.4 is 35.7 Å². The van der Waals surface area contributed by atoms with E-state index >= 15 is 0 Å². The minimum absolute atomic E-state index is 0.184. The molecule has 0 aliphatic carbocycles. The second-order valence-electron chi connectivity index (χ2n) is 14.6. The van der Waals surface area contributed by atoms with Crippen LogP contribution in [0.5, 0.6) is 23.0 Å². The zero-order chi connectivity index (χ0) is 39.7. The van der Waals surface area contributed by atoms with Crippen molar-refractivity contribution in [2.75, 3.05) is 9.80 Å². The van der Waals surface area contributed by atoms with Gasteiger partial charge in [-0.3, -0.25) is 0 Å². The van der Waals surface area contributed by atoms with Gasteiger partial charge in [-0.15, -0.1) is 0 Å². The van der Waals surface area contributed by atoms with E-state index in [-0.39, 0.29) is 6.71 Å². The molecule has 0 aromatic heterocycles. The van der Waals surface area contributed by atoms with Gasteiger partial charge in [-0.2, -0.15) is 0 Å². The number of allylic oxidation sites excluding steroid dienone is 3. The Morgan fingerprint density at radius 2 is 0.898 bits per heavy atom. The van der Waals surface area contributed by atoms with Crippen molar-refractivity contribution in [3.8, 4) is 45.3 Å². The van der Waals surface area contributed by atoms with Crippen LogP contribution in [0, 0.1) is 0 Å². The molecule has 4 nitrogen and oxygen atoms in total. The third kappa shape index (κ3) is 6.39. The van der Waals surface area contributed by atoms with Gasteiger partial charge in [0.15, 0.2) is 0 Å². The summed E-state index contributed by atoms with van der Waals surface area (Å²) in [5.74, 6) is 3.18. The maximum Gasteiger partial charge on any atom is 0.260 e. The molecule has 0 spiro atoms. The number of anilines is 5. The number of hydrogen-bond acceptors (Lipinski definition) is 4. The molecule has 0 saturated carbocycles. The van der Waals surface area contributed by atoms with Crippen molar-refractivity contribution in [3.63, 3.8) is 0 Å². The van der Waals surface area contributed by atoms with Gasteiger partial charge in [-0.25, -0.2) is 0 Å². The van der Waals surface area contributed by atoms with Crippen molar-refractivity contribution in [1.29, 1.82) is 0 Å². The Labute approximate surface area is 346 Å². The van der Waals surface area contributed by atoms with Crippen LogP contribution in [0.25, 0.3) is 22.3 Å². The first kappa shape index (κ1) is 35.6.